The van der Waals surface area contributed by atoms with Gasteiger partial charge in [-0.1, -0.05) is 23.7 Å². The number of hydrogen-bond acceptors (Lipinski definition) is 6. The van der Waals surface area contributed by atoms with Crippen molar-refractivity contribution in [1.29, 1.82) is 0 Å². The van der Waals surface area contributed by atoms with E-state index in [-0.39, 0.29) is 22.9 Å². The van der Waals surface area contributed by atoms with Gasteiger partial charge in [0.05, 0.1) is 39.6 Å². The molecule has 0 aliphatic carbocycles. The molecule has 174 valence electrons. The van der Waals surface area contributed by atoms with E-state index in [9.17, 15) is 14.9 Å². The summed E-state index contributed by atoms with van der Waals surface area (Å²) >= 11 is 6.18. The fraction of sp³-hybridized carbons (Fsp3) is 0.167. The minimum Gasteiger partial charge on any atom is -0.457 e. The highest BCUT2D eigenvalue weighted by Gasteiger charge is 2.17. The van der Waals surface area contributed by atoms with E-state index in [1.165, 1.54) is 24.3 Å². The lowest BCUT2D eigenvalue weighted by molar-refractivity contribution is -0.384. The highest BCUT2D eigenvalue weighted by Crippen LogP contribution is 2.30. The number of carbonyl (C=O) groups is 1. The van der Waals surface area contributed by atoms with Gasteiger partial charge in [0.1, 0.15) is 17.3 Å². The fourth-order valence-electron chi connectivity index (χ4n) is 3.39. The van der Waals surface area contributed by atoms with Crippen molar-refractivity contribution in [3.8, 4) is 11.5 Å². The van der Waals surface area contributed by atoms with Gasteiger partial charge >= 0.3 is 0 Å². The summed E-state index contributed by atoms with van der Waals surface area (Å²) in [6, 6.07) is 14.5. The average Bonchev–Trinajstić information content (AvgIpc) is 3.34. The van der Waals surface area contributed by atoms with Crippen LogP contribution in [0.25, 0.3) is 0 Å². The predicted molar refractivity (Wildman–Crippen MR) is 127 cm³/mol. The Morgan fingerprint density at radius 3 is 2.62 bits per heavy atom. The van der Waals surface area contributed by atoms with E-state index in [0.717, 1.165) is 11.3 Å². The molecular weight excluding hydrogens is 460 g/mol. The molecule has 10 heteroatoms. The van der Waals surface area contributed by atoms with Crippen LogP contribution in [0, 0.1) is 30.9 Å². The van der Waals surface area contributed by atoms with Crippen molar-refractivity contribution in [2.45, 2.75) is 27.3 Å². The Balaban J connectivity index is 1.52. The summed E-state index contributed by atoms with van der Waals surface area (Å²) in [6.07, 6.45) is 0. The topological polar surface area (TPSA) is 112 Å². The van der Waals surface area contributed by atoms with Gasteiger partial charge in [-0.2, -0.15) is 5.10 Å². The largest absolute Gasteiger partial charge is 0.457 e. The maximum absolute atomic E-state index is 12.7. The Hall–Kier alpha value is -4.11. The molecule has 2 heterocycles. The molecule has 0 saturated carbocycles. The van der Waals surface area contributed by atoms with Crippen LogP contribution in [0.5, 0.6) is 11.5 Å². The molecule has 34 heavy (non-hydrogen) atoms. The van der Waals surface area contributed by atoms with E-state index in [2.05, 4.69) is 10.4 Å². The van der Waals surface area contributed by atoms with Gasteiger partial charge in [-0.25, -0.2) is 0 Å². The number of hydrogen-bond donors (Lipinski definition) is 1. The molecule has 0 fully saturated rings. The SMILES string of the molecule is Cc1cccc(Oc2cc(NC(=O)c3ccc(Cn4nc(C)c(Cl)c4C)o3)cc([N+](=O)[O-])c2)c1. The molecule has 0 aliphatic rings. The smallest absolute Gasteiger partial charge is 0.291 e. The number of carbonyl (C=O) groups excluding carboxylic acids is 1. The first kappa shape index (κ1) is 23.1. The van der Waals surface area contributed by atoms with Crippen molar-refractivity contribution in [3.05, 3.63) is 98.2 Å². The van der Waals surface area contributed by atoms with Gasteiger partial charge in [0.2, 0.25) is 0 Å². The number of nitrogens with zero attached hydrogens (tertiary/aromatic N) is 3. The van der Waals surface area contributed by atoms with E-state index in [4.69, 9.17) is 20.8 Å². The Kier molecular flexibility index (Phi) is 6.38. The minimum atomic E-state index is -0.556. The van der Waals surface area contributed by atoms with Crippen molar-refractivity contribution in [3.63, 3.8) is 0 Å². The van der Waals surface area contributed by atoms with Crippen LogP contribution in [-0.2, 0) is 6.54 Å². The molecule has 2 aromatic heterocycles. The number of halogens is 1. The number of benzene rings is 2. The lowest BCUT2D eigenvalue weighted by Crippen LogP contribution is -2.11. The number of nitro benzene ring substituents is 1. The van der Waals surface area contributed by atoms with Crippen LogP contribution in [-0.4, -0.2) is 20.6 Å². The lowest BCUT2D eigenvalue weighted by Gasteiger charge is -2.09. The molecule has 0 atom stereocenters. The number of amides is 1. The highest BCUT2D eigenvalue weighted by atomic mass is 35.5. The Bertz CT molecular complexity index is 1390. The van der Waals surface area contributed by atoms with Crippen molar-refractivity contribution in [1.82, 2.24) is 9.78 Å². The van der Waals surface area contributed by atoms with Crippen LogP contribution in [0.3, 0.4) is 0 Å². The van der Waals surface area contributed by atoms with Gasteiger partial charge in [0.15, 0.2) is 5.76 Å². The number of ether oxygens (including phenoxy) is 1. The molecule has 0 bridgehead atoms. The van der Waals surface area contributed by atoms with Crippen molar-refractivity contribution in [2.24, 2.45) is 0 Å². The summed E-state index contributed by atoms with van der Waals surface area (Å²) in [5.74, 6) is 0.749. The van der Waals surface area contributed by atoms with Gasteiger partial charge in [0.25, 0.3) is 11.6 Å². The third-order valence-corrected chi connectivity index (χ3v) is 5.62. The molecule has 0 saturated heterocycles. The van der Waals surface area contributed by atoms with Gasteiger partial charge < -0.3 is 14.5 Å². The summed E-state index contributed by atoms with van der Waals surface area (Å²) in [7, 11) is 0. The van der Waals surface area contributed by atoms with Gasteiger partial charge in [-0.15, -0.1) is 0 Å². The summed E-state index contributed by atoms with van der Waals surface area (Å²) in [4.78, 5) is 23.6. The highest BCUT2D eigenvalue weighted by molar-refractivity contribution is 6.31. The van der Waals surface area contributed by atoms with Crippen LogP contribution in [0.1, 0.15) is 33.3 Å². The van der Waals surface area contributed by atoms with Crippen molar-refractivity contribution < 1.29 is 18.9 Å². The van der Waals surface area contributed by atoms with Gasteiger partial charge in [-0.05, 0) is 50.6 Å². The second-order valence-electron chi connectivity index (χ2n) is 7.75. The molecule has 0 radical (unpaired) electrons. The van der Waals surface area contributed by atoms with Crippen molar-refractivity contribution in [2.75, 3.05) is 5.32 Å². The number of aromatic nitrogens is 2. The first-order valence-electron chi connectivity index (χ1n) is 10.3. The second-order valence-corrected chi connectivity index (χ2v) is 8.13. The molecule has 9 nitrogen and oxygen atoms in total. The number of aryl methyl sites for hydroxylation is 2. The van der Waals surface area contributed by atoms with E-state index in [0.29, 0.717) is 28.8 Å². The third kappa shape index (κ3) is 5.10. The van der Waals surface area contributed by atoms with Gasteiger partial charge in [0, 0.05) is 12.1 Å². The number of furan rings is 1. The average molecular weight is 481 g/mol. The maximum atomic E-state index is 12.7. The fourth-order valence-corrected chi connectivity index (χ4v) is 3.52. The molecule has 0 unspecified atom stereocenters. The monoisotopic (exact) mass is 480 g/mol. The zero-order valence-corrected chi connectivity index (χ0v) is 19.4. The molecule has 1 N–H and O–H groups in total. The lowest BCUT2D eigenvalue weighted by atomic mass is 10.2. The normalized spacial score (nSPS) is 10.8. The number of anilines is 1. The Morgan fingerprint density at radius 2 is 1.94 bits per heavy atom. The molecule has 4 aromatic rings. The summed E-state index contributed by atoms with van der Waals surface area (Å²) < 4.78 is 13.1. The Labute approximate surface area is 200 Å². The summed E-state index contributed by atoms with van der Waals surface area (Å²) in [6.45, 7) is 5.87. The van der Waals surface area contributed by atoms with Crippen molar-refractivity contribution >= 4 is 28.9 Å². The molecule has 2 aromatic carbocycles. The van der Waals surface area contributed by atoms with E-state index >= 15 is 0 Å². The molecule has 0 spiro atoms. The molecular formula is C24H21ClN4O5. The van der Waals surface area contributed by atoms with E-state index in [1.807, 2.05) is 32.9 Å². The number of non-ortho nitro benzene ring substituents is 1. The second kappa shape index (κ2) is 9.40. The standard InChI is InChI=1S/C24H21ClN4O5/c1-14-5-4-6-19(9-14)33-21-11-17(10-18(12-21)29(31)32)26-24(30)22-8-7-20(34-22)13-28-16(3)23(25)15(2)27-28/h4-12H,13H2,1-3H3,(H,26,30). The summed E-state index contributed by atoms with van der Waals surface area (Å²) in [5, 5.41) is 19.0. The first-order chi connectivity index (χ1) is 16.2. The predicted octanol–water partition coefficient (Wildman–Crippen LogP) is 6.06. The number of nitro groups is 1. The van der Waals surface area contributed by atoms with Crippen LogP contribution >= 0.6 is 11.6 Å². The third-order valence-electron chi connectivity index (χ3n) is 5.07. The number of nitrogens with one attached hydrogen (secondary N) is 1. The molecule has 4 rings (SSSR count). The quantitative estimate of drug-likeness (QED) is 0.254. The van der Waals surface area contributed by atoms with Crippen LogP contribution in [0.4, 0.5) is 11.4 Å². The van der Waals surface area contributed by atoms with Gasteiger partial charge in [-0.3, -0.25) is 19.6 Å². The molecule has 0 aliphatic heterocycles. The molecule has 1 amide bonds. The maximum Gasteiger partial charge on any atom is 0.291 e. The van der Waals surface area contributed by atoms with E-state index < -0.39 is 10.8 Å². The Morgan fingerprint density at radius 1 is 1.15 bits per heavy atom. The van der Waals surface area contributed by atoms with Crippen LogP contribution < -0.4 is 10.1 Å². The zero-order valence-electron chi connectivity index (χ0n) is 18.7. The van der Waals surface area contributed by atoms with Crippen LogP contribution in [0.15, 0.2) is 59.0 Å². The zero-order chi connectivity index (χ0) is 24.4. The van der Waals surface area contributed by atoms with Crippen LogP contribution in [0.2, 0.25) is 5.02 Å². The number of rotatable bonds is 7. The van der Waals surface area contributed by atoms with E-state index in [1.54, 1.807) is 22.9 Å². The minimum absolute atomic E-state index is 0.0512. The summed E-state index contributed by atoms with van der Waals surface area (Å²) in [5.41, 5.74) is 2.46. The first-order valence-corrected chi connectivity index (χ1v) is 10.7.